The van der Waals surface area contributed by atoms with Gasteiger partial charge in [0, 0.05) is 6.20 Å². The number of hydrogen-bond acceptors (Lipinski definition) is 5. The van der Waals surface area contributed by atoms with Gasteiger partial charge in [-0.25, -0.2) is 4.98 Å². The molecule has 0 radical (unpaired) electrons. The van der Waals surface area contributed by atoms with Gasteiger partial charge < -0.3 is 10.8 Å². The van der Waals surface area contributed by atoms with Gasteiger partial charge in [-0.15, -0.1) is 11.8 Å². The average molecular weight is 220 g/mol. The number of carboxylic acids is 1. The normalized spacial score (nSPS) is 9.92. The fourth-order valence-corrected chi connectivity index (χ4v) is 1.35. The van der Waals surface area contributed by atoms with E-state index in [1.165, 1.54) is 6.20 Å². The molecule has 70 valence electrons. The fourth-order valence-electron chi connectivity index (χ4n) is 0.612. The number of halogens is 1. The lowest BCUT2D eigenvalue weighted by Gasteiger charge is -2.00. The third kappa shape index (κ3) is 3.08. The summed E-state index contributed by atoms with van der Waals surface area (Å²) in [6, 6.07) is 0. The first-order chi connectivity index (χ1) is 6.09. The highest BCUT2D eigenvalue weighted by atomic mass is 35.5. The highest BCUT2D eigenvalue weighted by Crippen LogP contribution is 2.22. The van der Waals surface area contributed by atoms with Crippen molar-refractivity contribution in [1.82, 2.24) is 9.97 Å². The topological polar surface area (TPSA) is 89.1 Å². The van der Waals surface area contributed by atoms with Crippen LogP contribution in [0.25, 0.3) is 0 Å². The van der Waals surface area contributed by atoms with E-state index in [-0.39, 0.29) is 16.9 Å². The van der Waals surface area contributed by atoms with Crippen molar-refractivity contribution in [2.45, 2.75) is 4.90 Å². The molecule has 0 amide bonds. The van der Waals surface area contributed by atoms with E-state index < -0.39 is 5.97 Å². The molecule has 1 aromatic rings. The van der Waals surface area contributed by atoms with Crippen molar-refractivity contribution < 1.29 is 9.90 Å². The van der Waals surface area contributed by atoms with Crippen LogP contribution in [0, 0.1) is 0 Å². The van der Waals surface area contributed by atoms with Crippen LogP contribution in [0.5, 0.6) is 0 Å². The predicted molar refractivity (Wildman–Crippen MR) is 49.8 cm³/mol. The Balaban J connectivity index is 2.72. The van der Waals surface area contributed by atoms with Crippen LogP contribution in [0.4, 0.5) is 5.82 Å². The summed E-state index contributed by atoms with van der Waals surface area (Å²) in [7, 11) is 0. The van der Waals surface area contributed by atoms with Crippen LogP contribution in [0.2, 0.25) is 5.28 Å². The standard InChI is InChI=1S/C6H6ClN3O2S/c7-6-9-1-3(5(8)10-6)13-2-4(11)12/h1H,2H2,(H,11,12)(H2,8,9,10). The average Bonchev–Trinajstić information content (AvgIpc) is 2.02. The third-order valence-electron chi connectivity index (χ3n) is 1.10. The lowest BCUT2D eigenvalue weighted by Crippen LogP contribution is -2.00. The van der Waals surface area contributed by atoms with Gasteiger partial charge in [-0.2, -0.15) is 4.98 Å². The monoisotopic (exact) mass is 219 g/mol. The number of nitrogen functional groups attached to an aromatic ring is 1. The van der Waals surface area contributed by atoms with Crippen LogP contribution in [0.15, 0.2) is 11.1 Å². The van der Waals surface area contributed by atoms with E-state index in [0.29, 0.717) is 4.90 Å². The first-order valence-corrected chi connectivity index (χ1v) is 4.58. The molecule has 1 heterocycles. The van der Waals surface area contributed by atoms with Crippen molar-refractivity contribution in [2.75, 3.05) is 11.5 Å². The smallest absolute Gasteiger partial charge is 0.313 e. The van der Waals surface area contributed by atoms with Crippen molar-refractivity contribution in [1.29, 1.82) is 0 Å². The van der Waals surface area contributed by atoms with Gasteiger partial charge in [0.05, 0.1) is 10.6 Å². The maximum absolute atomic E-state index is 10.2. The van der Waals surface area contributed by atoms with Gasteiger partial charge >= 0.3 is 5.97 Å². The SMILES string of the molecule is Nc1nc(Cl)ncc1SCC(=O)O. The lowest BCUT2D eigenvalue weighted by atomic mass is 10.6. The molecule has 1 rings (SSSR count). The Bertz CT molecular complexity index is 334. The molecular weight excluding hydrogens is 214 g/mol. The Morgan fingerprint density at radius 3 is 3.00 bits per heavy atom. The molecule has 0 unspecified atom stereocenters. The maximum atomic E-state index is 10.2. The Morgan fingerprint density at radius 1 is 1.77 bits per heavy atom. The zero-order valence-corrected chi connectivity index (χ0v) is 7.97. The van der Waals surface area contributed by atoms with Crippen molar-refractivity contribution in [3.05, 3.63) is 11.5 Å². The summed E-state index contributed by atoms with van der Waals surface area (Å²) in [5, 5.41) is 8.44. The van der Waals surface area contributed by atoms with E-state index >= 15 is 0 Å². The number of rotatable bonds is 3. The molecule has 0 aliphatic carbocycles. The molecule has 0 saturated carbocycles. The first-order valence-electron chi connectivity index (χ1n) is 3.22. The van der Waals surface area contributed by atoms with Crippen LogP contribution in [0.3, 0.4) is 0 Å². The molecule has 0 fully saturated rings. The summed E-state index contributed by atoms with van der Waals surface area (Å²) < 4.78 is 0. The molecule has 0 spiro atoms. The molecule has 3 N–H and O–H groups in total. The van der Waals surface area contributed by atoms with Crippen LogP contribution in [-0.2, 0) is 4.79 Å². The van der Waals surface area contributed by atoms with E-state index in [1.807, 2.05) is 0 Å². The molecule has 13 heavy (non-hydrogen) atoms. The van der Waals surface area contributed by atoms with Gasteiger partial charge in [0.15, 0.2) is 0 Å². The Morgan fingerprint density at radius 2 is 2.46 bits per heavy atom. The summed E-state index contributed by atoms with van der Waals surface area (Å²) in [6.45, 7) is 0. The van der Waals surface area contributed by atoms with Crippen LogP contribution in [-0.4, -0.2) is 26.8 Å². The second-order valence-corrected chi connectivity index (χ2v) is 3.43. The second-order valence-electron chi connectivity index (χ2n) is 2.07. The van der Waals surface area contributed by atoms with E-state index in [1.54, 1.807) is 0 Å². The number of anilines is 1. The zero-order chi connectivity index (χ0) is 9.84. The quantitative estimate of drug-likeness (QED) is 0.580. The molecular formula is C6H6ClN3O2S. The van der Waals surface area contributed by atoms with Gasteiger partial charge in [-0.1, -0.05) is 0 Å². The minimum absolute atomic E-state index is 0.0529. The summed E-state index contributed by atoms with van der Waals surface area (Å²) in [4.78, 5) is 18.1. The number of hydrogen-bond donors (Lipinski definition) is 2. The van der Waals surface area contributed by atoms with Gasteiger partial charge in [0.25, 0.3) is 0 Å². The summed E-state index contributed by atoms with van der Waals surface area (Å²) >= 11 is 6.51. The molecule has 1 aromatic heterocycles. The molecule has 0 bridgehead atoms. The van der Waals surface area contributed by atoms with Gasteiger partial charge in [0.1, 0.15) is 5.82 Å². The summed E-state index contributed by atoms with van der Waals surface area (Å²) in [5.41, 5.74) is 5.46. The minimum atomic E-state index is -0.917. The van der Waals surface area contributed by atoms with Crippen LogP contribution in [0.1, 0.15) is 0 Å². The van der Waals surface area contributed by atoms with E-state index in [0.717, 1.165) is 11.8 Å². The van der Waals surface area contributed by atoms with Crippen LogP contribution < -0.4 is 5.73 Å². The number of thioether (sulfide) groups is 1. The lowest BCUT2D eigenvalue weighted by molar-refractivity contribution is -0.133. The second kappa shape index (κ2) is 4.29. The molecule has 7 heteroatoms. The first kappa shape index (κ1) is 10.1. The Hall–Kier alpha value is -1.01. The van der Waals surface area contributed by atoms with Crippen LogP contribution >= 0.6 is 23.4 Å². The highest BCUT2D eigenvalue weighted by Gasteiger charge is 2.05. The number of aromatic nitrogens is 2. The van der Waals surface area contributed by atoms with Crippen molar-refractivity contribution in [3.8, 4) is 0 Å². The molecule has 0 aliphatic rings. The minimum Gasteiger partial charge on any atom is -0.481 e. The number of nitrogens with two attached hydrogens (primary N) is 1. The number of carboxylic acid groups (broad SMARTS) is 1. The van der Waals surface area contributed by atoms with Crippen molar-refractivity contribution >= 4 is 35.1 Å². The third-order valence-corrected chi connectivity index (χ3v) is 2.30. The summed E-state index contributed by atoms with van der Waals surface area (Å²) in [6.07, 6.45) is 1.40. The Kier molecular flexibility index (Phi) is 3.32. The molecule has 0 aromatic carbocycles. The summed E-state index contributed by atoms with van der Waals surface area (Å²) in [5.74, 6) is -0.791. The number of carbonyl (C=O) groups is 1. The van der Waals surface area contributed by atoms with Crippen molar-refractivity contribution in [3.63, 3.8) is 0 Å². The number of aliphatic carboxylic acids is 1. The maximum Gasteiger partial charge on any atom is 0.313 e. The zero-order valence-electron chi connectivity index (χ0n) is 6.40. The largest absolute Gasteiger partial charge is 0.481 e. The molecule has 0 aliphatic heterocycles. The van der Waals surface area contributed by atoms with E-state index in [9.17, 15) is 4.79 Å². The highest BCUT2D eigenvalue weighted by molar-refractivity contribution is 8.00. The van der Waals surface area contributed by atoms with Gasteiger partial charge in [-0.05, 0) is 11.6 Å². The molecule has 0 saturated heterocycles. The van der Waals surface area contributed by atoms with Crippen molar-refractivity contribution in [2.24, 2.45) is 0 Å². The van der Waals surface area contributed by atoms with Gasteiger partial charge in [0.2, 0.25) is 5.28 Å². The predicted octanol–water partition coefficient (Wildman–Crippen LogP) is 0.889. The Labute approximate surface area is 83.3 Å². The number of nitrogens with zero attached hydrogens (tertiary/aromatic N) is 2. The van der Waals surface area contributed by atoms with E-state index in [2.05, 4.69) is 9.97 Å². The van der Waals surface area contributed by atoms with E-state index in [4.69, 9.17) is 22.4 Å². The molecule has 5 nitrogen and oxygen atoms in total. The van der Waals surface area contributed by atoms with Gasteiger partial charge in [-0.3, -0.25) is 4.79 Å². The fraction of sp³-hybridized carbons (Fsp3) is 0.167. The molecule has 0 atom stereocenters.